The van der Waals surface area contributed by atoms with Crippen LogP contribution in [0.5, 0.6) is 0 Å². The number of aromatic carboxylic acids is 1. The second-order valence-corrected chi connectivity index (χ2v) is 4.54. The Morgan fingerprint density at radius 2 is 2.06 bits per heavy atom. The maximum absolute atomic E-state index is 11.7. The fourth-order valence-electron chi connectivity index (χ4n) is 1.81. The summed E-state index contributed by atoms with van der Waals surface area (Å²) in [5, 5.41) is 8.84. The van der Waals surface area contributed by atoms with Gasteiger partial charge in [0, 0.05) is 11.7 Å². The summed E-state index contributed by atoms with van der Waals surface area (Å²) < 4.78 is 1.27. The van der Waals surface area contributed by atoms with Crippen molar-refractivity contribution in [1.82, 2.24) is 9.55 Å². The molecule has 0 atom stereocenters. The molecule has 0 amide bonds. The van der Waals surface area contributed by atoms with Crippen molar-refractivity contribution in [3.63, 3.8) is 0 Å². The summed E-state index contributed by atoms with van der Waals surface area (Å²) in [6.45, 7) is 5.61. The number of nitrogens with one attached hydrogen (secondary N) is 1. The fraction of sp³-hybridized carbons (Fsp3) is 0.545. The zero-order valence-electron chi connectivity index (χ0n) is 10.1. The first-order valence-corrected chi connectivity index (χ1v) is 5.39. The van der Waals surface area contributed by atoms with Gasteiger partial charge < -0.3 is 5.11 Å². The van der Waals surface area contributed by atoms with Crippen LogP contribution in [0.2, 0.25) is 0 Å². The van der Waals surface area contributed by atoms with Crippen LogP contribution >= 0.6 is 0 Å². The Labute approximate surface area is 97.9 Å². The quantitative estimate of drug-likeness (QED) is 0.813. The number of hydrogen-bond acceptors (Lipinski definition) is 3. The molecular formula is C11H16N2O4. The highest BCUT2D eigenvalue weighted by molar-refractivity contribution is 5.86. The van der Waals surface area contributed by atoms with Gasteiger partial charge >= 0.3 is 11.7 Å². The van der Waals surface area contributed by atoms with Gasteiger partial charge in [0.15, 0.2) is 0 Å². The lowest BCUT2D eigenvalue weighted by Crippen LogP contribution is -2.41. The van der Waals surface area contributed by atoms with E-state index in [9.17, 15) is 14.4 Å². The summed E-state index contributed by atoms with van der Waals surface area (Å²) in [6.07, 6.45) is 2.66. The van der Waals surface area contributed by atoms with Gasteiger partial charge in [-0.3, -0.25) is 14.3 Å². The lowest BCUT2D eigenvalue weighted by atomic mass is 9.98. The molecule has 1 aromatic heterocycles. The van der Waals surface area contributed by atoms with E-state index in [0.717, 1.165) is 12.6 Å². The highest BCUT2D eigenvalue weighted by Gasteiger charge is 2.23. The van der Waals surface area contributed by atoms with Gasteiger partial charge in [0.25, 0.3) is 5.56 Å². The van der Waals surface area contributed by atoms with Crippen molar-refractivity contribution in [2.75, 3.05) is 0 Å². The van der Waals surface area contributed by atoms with E-state index in [1.807, 2.05) is 25.8 Å². The van der Waals surface area contributed by atoms with E-state index in [4.69, 9.17) is 5.11 Å². The van der Waals surface area contributed by atoms with E-state index in [1.165, 1.54) is 4.57 Å². The maximum atomic E-state index is 11.7. The molecule has 0 saturated heterocycles. The minimum atomic E-state index is -1.34. The lowest BCUT2D eigenvalue weighted by molar-refractivity contribution is 0.0693. The number of carboxylic acid groups (broad SMARTS) is 1. The van der Waals surface area contributed by atoms with Gasteiger partial charge in [-0.15, -0.1) is 0 Å². The predicted molar refractivity (Wildman–Crippen MR) is 62.5 cm³/mol. The van der Waals surface area contributed by atoms with Crippen LogP contribution in [0.4, 0.5) is 0 Å². The van der Waals surface area contributed by atoms with Crippen molar-refractivity contribution in [3.8, 4) is 0 Å². The molecule has 1 heterocycles. The first-order chi connectivity index (χ1) is 7.79. The van der Waals surface area contributed by atoms with Crippen LogP contribution in [0.1, 0.15) is 44.0 Å². The molecule has 6 nitrogen and oxygen atoms in total. The zero-order valence-corrected chi connectivity index (χ0v) is 10.1. The lowest BCUT2D eigenvalue weighted by Gasteiger charge is -2.26. The van der Waals surface area contributed by atoms with Gasteiger partial charge in [0.05, 0.1) is 0 Å². The van der Waals surface area contributed by atoms with Gasteiger partial charge in [-0.1, -0.05) is 13.3 Å². The Morgan fingerprint density at radius 3 is 2.53 bits per heavy atom. The SMILES string of the molecule is CCCC(C)(C)n1cc(C(=O)O)c(=O)[nH]c1=O. The minimum Gasteiger partial charge on any atom is -0.477 e. The summed E-state index contributed by atoms with van der Waals surface area (Å²) in [5.41, 5.74) is -2.40. The van der Waals surface area contributed by atoms with Crippen molar-refractivity contribution in [2.24, 2.45) is 0 Å². The molecule has 1 rings (SSSR count). The average molecular weight is 240 g/mol. The Hall–Kier alpha value is -1.85. The predicted octanol–water partition coefficient (Wildman–Crippen LogP) is 0.770. The molecule has 2 N–H and O–H groups in total. The molecular weight excluding hydrogens is 224 g/mol. The summed E-state index contributed by atoms with van der Waals surface area (Å²) in [7, 11) is 0. The van der Waals surface area contributed by atoms with Crippen LogP contribution in [-0.2, 0) is 5.54 Å². The average Bonchev–Trinajstić information content (AvgIpc) is 2.15. The fourth-order valence-corrected chi connectivity index (χ4v) is 1.81. The summed E-state index contributed by atoms with van der Waals surface area (Å²) in [5.74, 6) is -1.34. The van der Waals surface area contributed by atoms with Gasteiger partial charge in [-0.25, -0.2) is 9.59 Å². The number of carbonyl (C=O) groups is 1. The summed E-state index contributed by atoms with van der Waals surface area (Å²) >= 11 is 0. The molecule has 1 aromatic rings. The first kappa shape index (κ1) is 13.2. The molecule has 0 aliphatic rings. The van der Waals surface area contributed by atoms with Crippen LogP contribution in [0.15, 0.2) is 15.8 Å². The van der Waals surface area contributed by atoms with Crippen LogP contribution in [0.25, 0.3) is 0 Å². The van der Waals surface area contributed by atoms with E-state index >= 15 is 0 Å². The molecule has 0 aliphatic carbocycles. The van der Waals surface area contributed by atoms with Crippen molar-refractivity contribution >= 4 is 5.97 Å². The van der Waals surface area contributed by atoms with Gasteiger partial charge in [0.1, 0.15) is 5.56 Å². The van der Waals surface area contributed by atoms with Gasteiger partial charge in [-0.05, 0) is 20.3 Å². The molecule has 0 saturated carbocycles. The van der Waals surface area contributed by atoms with Gasteiger partial charge in [-0.2, -0.15) is 0 Å². The van der Waals surface area contributed by atoms with Crippen LogP contribution in [-0.4, -0.2) is 20.6 Å². The van der Waals surface area contributed by atoms with Crippen molar-refractivity contribution in [1.29, 1.82) is 0 Å². The molecule has 0 aromatic carbocycles. The van der Waals surface area contributed by atoms with E-state index in [0.29, 0.717) is 6.42 Å². The zero-order chi connectivity index (χ0) is 13.2. The number of carboxylic acids is 1. The van der Waals surface area contributed by atoms with Crippen molar-refractivity contribution in [2.45, 2.75) is 39.2 Å². The van der Waals surface area contributed by atoms with E-state index in [1.54, 1.807) is 0 Å². The van der Waals surface area contributed by atoms with Crippen molar-refractivity contribution in [3.05, 3.63) is 32.6 Å². The number of H-pyrrole nitrogens is 1. The van der Waals surface area contributed by atoms with Gasteiger partial charge in [0.2, 0.25) is 0 Å². The van der Waals surface area contributed by atoms with Crippen LogP contribution in [0.3, 0.4) is 0 Å². The second kappa shape index (κ2) is 4.57. The third kappa shape index (κ3) is 2.64. The normalized spacial score (nSPS) is 11.5. The number of hydrogen-bond donors (Lipinski definition) is 2. The Morgan fingerprint density at radius 1 is 1.47 bits per heavy atom. The topological polar surface area (TPSA) is 92.2 Å². The van der Waals surface area contributed by atoms with E-state index in [-0.39, 0.29) is 0 Å². The molecule has 0 fully saturated rings. The molecule has 6 heteroatoms. The molecule has 0 aliphatic heterocycles. The largest absolute Gasteiger partial charge is 0.477 e. The monoisotopic (exact) mass is 240 g/mol. The second-order valence-electron chi connectivity index (χ2n) is 4.54. The highest BCUT2D eigenvalue weighted by Crippen LogP contribution is 2.18. The number of nitrogens with zero attached hydrogens (tertiary/aromatic N) is 1. The number of aromatic nitrogens is 2. The standard InChI is InChI=1S/C11H16N2O4/c1-4-5-11(2,3)13-6-7(9(15)16)8(14)12-10(13)17/h6H,4-5H2,1-3H3,(H,15,16)(H,12,14,17). The van der Waals surface area contributed by atoms with Crippen molar-refractivity contribution < 1.29 is 9.90 Å². The summed E-state index contributed by atoms with van der Waals surface area (Å²) in [6, 6.07) is 0. The maximum Gasteiger partial charge on any atom is 0.342 e. The van der Waals surface area contributed by atoms with E-state index in [2.05, 4.69) is 0 Å². The molecule has 0 unspecified atom stereocenters. The molecule has 94 valence electrons. The number of aromatic amines is 1. The summed E-state index contributed by atoms with van der Waals surface area (Å²) in [4.78, 5) is 35.8. The minimum absolute atomic E-state index is 0.422. The Bertz CT molecular complexity index is 539. The Balaban J connectivity index is 3.45. The molecule has 0 spiro atoms. The molecule has 0 bridgehead atoms. The molecule has 17 heavy (non-hydrogen) atoms. The Kier molecular flexibility index (Phi) is 3.55. The third-order valence-corrected chi connectivity index (χ3v) is 2.69. The first-order valence-electron chi connectivity index (χ1n) is 5.39. The third-order valence-electron chi connectivity index (χ3n) is 2.69. The molecule has 0 radical (unpaired) electrons. The van der Waals surface area contributed by atoms with Crippen LogP contribution in [0, 0.1) is 0 Å². The smallest absolute Gasteiger partial charge is 0.342 e. The van der Waals surface area contributed by atoms with Crippen LogP contribution < -0.4 is 11.2 Å². The number of rotatable bonds is 4. The van der Waals surface area contributed by atoms with E-state index < -0.39 is 28.3 Å². The highest BCUT2D eigenvalue weighted by atomic mass is 16.4.